The first-order chi connectivity index (χ1) is 13.0. The van der Waals surface area contributed by atoms with E-state index in [0.29, 0.717) is 22.8 Å². The molecule has 1 aliphatic heterocycles. The molecular formula is C20H23N5O2. The topological polar surface area (TPSA) is 87.2 Å². The molecule has 3 rings (SSSR count). The standard InChI is InChI=1S/C20H23N5O2/c1-3-19(26)22-15-7-10-21-18(13-15)16-5-4-6-17(24-16)20(27)23-14-8-11-25(2)12-9-14/h3-7,10,13-14H,1,8-9,11-12H2,2H3,(H,23,27)(H,21,22,26). The summed E-state index contributed by atoms with van der Waals surface area (Å²) in [5.41, 5.74) is 2.09. The van der Waals surface area contributed by atoms with E-state index in [-0.39, 0.29) is 17.9 Å². The highest BCUT2D eigenvalue weighted by Crippen LogP contribution is 2.19. The van der Waals surface area contributed by atoms with Crippen LogP contribution in [0.4, 0.5) is 5.69 Å². The van der Waals surface area contributed by atoms with Crippen molar-refractivity contribution in [2.75, 3.05) is 25.5 Å². The number of nitrogens with one attached hydrogen (secondary N) is 2. The van der Waals surface area contributed by atoms with Crippen LogP contribution in [0.15, 0.2) is 49.2 Å². The molecule has 3 heterocycles. The summed E-state index contributed by atoms with van der Waals surface area (Å²) in [7, 11) is 2.08. The Morgan fingerprint density at radius 2 is 2.00 bits per heavy atom. The number of nitrogens with zero attached hydrogens (tertiary/aromatic N) is 3. The van der Waals surface area contributed by atoms with Crippen LogP contribution in [-0.4, -0.2) is 52.9 Å². The second-order valence-electron chi connectivity index (χ2n) is 6.58. The first-order valence-corrected chi connectivity index (χ1v) is 8.91. The van der Waals surface area contributed by atoms with E-state index in [2.05, 4.69) is 39.1 Å². The Labute approximate surface area is 158 Å². The molecule has 7 nitrogen and oxygen atoms in total. The predicted octanol–water partition coefficient (Wildman–Crippen LogP) is 2.09. The fourth-order valence-corrected chi connectivity index (χ4v) is 2.96. The molecule has 2 amide bonds. The van der Waals surface area contributed by atoms with E-state index in [1.165, 1.54) is 6.08 Å². The molecule has 0 aromatic carbocycles. The fraction of sp³-hybridized carbons (Fsp3) is 0.300. The van der Waals surface area contributed by atoms with E-state index in [4.69, 9.17) is 0 Å². The summed E-state index contributed by atoms with van der Waals surface area (Å²) in [4.78, 5) is 35.0. The molecule has 0 spiro atoms. The molecule has 0 aliphatic carbocycles. The third kappa shape index (κ3) is 4.98. The van der Waals surface area contributed by atoms with Gasteiger partial charge in [0, 0.05) is 17.9 Å². The average molecular weight is 365 g/mol. The quantitative estimate of drug-likeness (QED) is 0.793. The van der Waals surface area contributed by atoms with Gasteiger partial charge in [0.2, 0.25) is 5.91 Å². The Morgan fingerprint density at radius 3 is 2.74 bits per heavy atom. The molecule has 1 saturated heterocycles. The number of piperidine rings is 1. The number of aromatic nitrogens is 2. The molecule has 1 aliphatic rings. The second-order valence-corrected chi connectivity index (χ2v) is 6.58. The van der Waals surface area contributed by atoms with E-state index in [1.54, 1.807) is 36.5 Å². The van der Waals surface area contributed by atoms with Crippen LogP contribution in [0.25, 0.3) is 11.4 Å². The van der Waals surface area contributed by atoms with Crippen molar-refractivity contribution in [2.45, 2.75) is 18.9 Å². The lowest BCUT2D eigenvalue weighted by molar-refractivity contribution is -0.111. The number of pyridine rings is 2. The van der Waals surface area contributed by atoms with E-state index >= 15 is 0 Å². The first-order valence-electron chi connectivity index (χ1n) is 8.91. The molecule has 140 valence electrons. The van der Waals surface area contributed by atoms with E-state index < -0.39 is 0 Å². The maximum absolute atomic E-state index is 12.6. The molecule has 2 aromatic rings. The zero-order valence-electron chi connectivity index (χ0n) is 15.3. The van der Waals surface area contributed by atoms with Crippen molar-refractivity contribution in [3.8, 4) is 11.4 Å². The van der Waals surface area contributed by atoms with Crippen molar-refractivity contribution >= 4 is 17.5 Å². The van der Waals surface area contributed by atoms with Crippen molar-refractivity contribution in [3.63, 3.8) is 0 Å². The van der Waals surface area contributed by atoms with Gasteiger partial charge in [-0.05, 0) is 63.3 Å². The fourth-order valence-electron chi connectivity index (χ4n) is 2.96. The molecule has 27 heavy (non-hydrogen) atoms. The number of hydrogen-bond donors (Lipinski definition) is 2. The van der Waals surface area contributed by atoms with Crippen LogP contribution in [0.1, 0.15) is 23.3 Å². The molecule has 2 aromatic heterocycles. The number of rotatable bonds is 5. The van der Waals surface area contributed by atoms with Crippen LogP contribution in [0.3, 0.4) is 0 Å². The van der Waals surface area contributed by atoms with Gasteiger partial charge < -0.3 is 15.5 Å². The normalized spacial score (nSPS) is 15.1. The van der Waals surface area contributed by atoms with Gasteiger partial charge in [-0.2, -0.15) is 0 Å². The number of hydrogen-bond acceptors (Lipinski definition) is 5. The smallest absolute Gasteiger partial charge is 0.270 e. The molecule has 0 radical (unpaired) electrons. The van der Waals surface area contributed by atoms with Gasteiger partial charge in [-0.1, -0.05) is 12.6 Å². The number of carbonyl (C=O) groups excluding carboxylic acids is 2. The highest BCUT2D eigenvalue weighted by molar-refractivity contribution is 5.99. The van der Waals surface area contributed by atoms with Crippen molar-refractivity contribution in [1.82, 2.24) is 20.2 Å². The average Bonchev–Trinajstić information content (AvgIpc) is 2.70. The third-order valence-corrected chi connectivity index (χ3v) is 4.51. The molecule has 0 unspecified atom stereocenters. The first kappa shape index (κ1) is 18.7. The molecule has 0 bridgehead atoms. The molecule has 1 fully saturated rings. The van der Waals surface area contributed by atoms with Crippen LogP contribution < -0.4 is 10.6 Å². The minimum absolute atomic E-state index is 0.176. The van der Waals surface area contributed by atoms with Crippen molar-refractivity contribution in [3.05, 3.63) is 54.9 Å². The highest BCUT2D eigenvalue weighted by atomic mass is 16.2. The van der Waals surface area contributed by atoms with Crippen molar-refractivity contribution in [1.29, 1.82) is 0 Å². The highest BCUT2D eigenvalue weighted by Gasteiger charge is 2.20. The Morgan fingerprint density at radius 1 is 1.22 bits per heavy atom. The van der Waals surface area contributed by atoms with Gasteiger partial charge in [0.05, 0.1) is 11.4 Å². The predicted molar refractivity (Wildman–Crippen MR) is 104 cm³/mol. The Hall–Kier alpha value is -3.06. The summed E-state index contributed by atoms with van der Waals surface area (Å²) in [5, 5.41) is 5.75. The Bertz CT molecular complexity index is 844. The molecule has 7 heteroatoms. The van der Waals surface area contributed by atoms with Gasteiger partial charge in [-0.25, -0.2) is 4.98 Å². The summed E-state index contributed by atoms with van der Waals surface area (Å²) >= 11 is 0. The van der Waals surface area contributed by atoms with Gasteiger partial charge in [-0.15, -0.1) is 0 Å². The van der Waals surface area contributed by atoms with Crippen LogP contribution in [0.2, 0.25) is 0 Å². The lowest BCUT2D eigenvalue weighted by Gasteiger charge is -2.29. The minimum Gasteiger partial charge on any atom is -0.348 e. The maximum atomic E-state index is 12.6. The van der Waals surface area contributed by atoms with Crippen molar-refractivity contribution in [2.24, 2.45) is 0 Å². The Kier molecular flexibility index (Phi) is 5.93. The molecule has 2 N–H and O–H groups in total. The molecular weight excluding hydrogens is 342 g/mol. The van der Waals surface area contributed by atoms with Gasteiger partial charge in [0.15, 0.2) is 0 Å². The van der Waals surface area contributed by atoms with E-state index in [0.717, 1.165) is 25.9 Å². The van der Waals surface area contributed by atoms with E-state index in [9.17, 15) is 9.59 Å². The third-order valence-electron chi connectivity index (χ3n) is 4.51. The van der Waals surface area contributed by atoms with Crippen LogP contribution in [-0.2, 0) is 4.79 Å². The summed E-state index contributed by atoms with van der Waals surface area (Å²) in [6.07, 6.45) is 4.66. The zero-order valence-corrected chi connectivity index (χ0v) is 15.3. The summed E-state index contributed by atoms with van der Waals surface area (Å²) in [5.74, 6) is -0.478. The van der Waals surface area contributed by atoms with Crippen LogP contribution in [0, 0.1) is 0 Å². The van der Waals surface area contributed by atoms with Gasteiger partial charge >= 0.3 is 0 Å². The maximum Gasteiger partial charge on any atom is 0.270 e. The lowest BCUT2D eigenvalue weighted by atomic mass is 10.1. The summed E-state index contributed by atoms with van der Waals surface area (Å²) in [6, 6.07) is 8.83. The minimum atomic E-state index is -0.300. The van der Waals surface area contributed by atoms with Crippen LogP contribution >= 0.6 is 0 Å². The van der Waals surface area contributed by atoms with Crippen molar-refractivity contribution < 1.29 is 9.59 Å². The van der Waals surface area contributed by atoms with Gasteiger partial charge in [-0.3, -0.25) is 14.6 Å². The lowest BCUT2D eigenvalue weighted by Crippen LogP contribution is -2.43. The second kappa shape index (κ2) is 8.55. The van der Waals surface area contributed by atoms with Crippen LogP contribution in [0.5, 0.6) is 0 Å². The number of likely N-dealkylation sites (tertiary alicyclic amines) is 1. The summed E-state index contributed by atoms with van der Waals surface area (Å²) < 4.78 is 0. The van der Waals surface area contributed by atoms with E-state index in [1.807, 2.05) is 0 Å². The largest absolute Gasteiger partial charge is 0.348 e. The number of amides is 2. The van der Waals surface area contributed by atoms with Gasteiger partial charge in [0.1, 0.15) is 5.69 Å². The summed E-state index contributed by atoms with van der Waals surface area (Å²) in [6.45, 7) is 5.39. The monoisotopic (exact) mass is 365 g/mol. The van der Waals surface area contributed by atoms with Gasteiger partial charge in [0.25, 0.3) is 5.91 Å². The number of carbonyl (C=O) groups is 2. The molecule has 0 atom stereocenters. The Balaban J connectivity index is 1.73. The number of anilines is 1. The molecule has 0 saturated carbocycles. The zero-order chi connectivity index (χ0) is 19.2. The SMILES string of the molecule is C=CC(=O)Nc1ccnc(-c2cccc(C(=O)NC3CCN(C)CC3)n2)c1.